The second kappa shape index (κ2) is 16.5. The zero-order valence-corrected chi connectivity index (χ0v) is 27.9. The lowest BCUT2D eigenvalue weighted by atomic mass is 10.1. The minimum atomic E-state index is -0.360. The van der Waals surface area contributed by atoms with Crippen LogP contribution in [0.2, 0.25) is 0 Å². The summed E-state index contributed by atoms with van der Waals surface area (Å²) in [6, 6.07) is 16.8. The lowest BCUT2D eigenvalue weighted by Crippen LogP contribution is -2.24. The van der Waals surface area contributed by atoms with E-state index >= 15 is 0 Å². The SMILES string of the molecule is CC(C)(C)OC=O.CCCCCCNC(=O)c1ccc(-c2csc(-n3[nH]c(-c4ccccc4)c(N=Nc4nccs4)c3=O)n2)cc1. The molecule has 0 aliphatic carbocycles. The summed E-state index contributed by atoms with van der Waals surface area (Å²) in [6.07, 6.45) is 6.09. The van der Waals surface area contributed by atoms with Gasteiger partial charge in [-0.05, 0) is 39.3 Å². The molecule has 0 saturated carbocycles. The number of thiazole rings is 2. The third kappa shape index (κ3) is 9.62. The Morgan fingerprint density at radius 3 is 2.41 bits per heavy atom. The maximum atomic E-state index is 13.4. The maximum Gasteiger partial charge on any atom is 0.301 e. The van der Waals surface area contributed by atoms with Crippen LogP contribution in [0, 0.1) is 0 Å². The third-order valence-electron chi connectivity index (χ3n) is 6.43. The highest BCUT2D eigenvalue weighted by Gasteiger charge is 2.19. The van der Waals surface area contributed by atoms with Gasteiger partial charge in [-0.1, -0.05) is 68.7 Å². The summed E-state index contributed by atoms with van der Waals surface area (Å²) < 4.78 is 5.93. The molecule has 1 amide bonds. The van der Waals surface area contributed by atoms with Crippen LogP contribution in [-0.4, -0.2) is 44.3 Å². The van der Waals surface area contributed by atoms with Gasteiger partial charge in [-0.15, -0.1) is 32.9 Å². The number of hydrogen-bond donors (Lipinski definition) is 2. The smallest absolute Gasteiger partial charge is 0.301 e. The first kappa shape index (κ1) is 34.1. The Morgan fingerprint density at radius 1 is 1.02 bits per heavy atom. The molecule has 5 aromatic rings. The standard InChI is InChI=1S/C28H27N7O2S2.C5H10O2/c1-2-3-4-8-15-29-25(36)21-13-11-19(12-14-21)22-18-39-28(31-22)35-26(37)24(32-33-27-30-16-17-38-27)23(34-35)20-9-6-5-7-10-20;1-5(2,3)7-4-6/h5-7,9-14,16-18,34H,2-4,8,15H2,1H3,(H,29,36);4H,1-3H3. The minimum absolute atomic E-state index is 0.0807. The Morgan fingerprint density at radius 2 is 1.78 bits per heavy atom. The lowest BCUT2D eigenvalue weighted by Gasteiger charge is -2.14. The fraction of sp³-hybridized carbons (Fsp3) is 0.303. The highest BCUT2D eigenvalue weighted by molar-refractivity contribution is 7.13. The van der Waals surface area contributed by atoms with Crippen LogP contribution in [-0.2, 0) is 9.53 Å². The van der Waals surface area contributed by atoms with Gasteiger partial charge in [0.1, 0.15) is 5.60 Å². The number of nitrogens with zero attached hydrogens (tertiary/aromatic N) is 5. The first-order valence-electron chi connectivity index (χ1n) is 14.9. The van der Waals surface area contributed by atoms with Crippen molar-refractivity contribution in [3.63, 3.8) is 0 Å². The lowest BCUT2D eigenvalue weighted by molar-refractivity contribution is -0.138. The molecule has 240 valence electrons. The molecule has 3 aromatic heterocycles. The van der Waals surface area contributed by atoms with Crippen LogP contribution < -0.4 is 10.9 Å². The van der Waals surface area contributed by atoms with Crippen LogP contribution >= 0.6 is 22.7 Å². The van der Waals surface area contributed by atoms with Gasteiger partial charge in [-0.2, -0.15) is 4.68 Å². The second-order valence-electron chi connectivity index (χ2n) is 11.1. The molecule has 2 aromatic carbocycles. The molecule has 0 aliphatic rings. The fourth-order valence-corrected chi connectivity index (χ4v) is 5.36. The molecule has 0 aliphatic heterocycles. The molecule has 11 nitrogen and oxygen atoms in total. The molecule has 0 radical (unpaired) electrons. The Labute approximate surface area is 275 Å². The number of ether oxygens (including phenoxy) is 1. The topological polar surface area (TPSA) is 144 Å². The first-order chi connectivity index (χ1) is 22.2. The van der Waals surface area contributed by atoms with Gasteiger partial charge in [0.05, 0.1) is 11.4 Å². The third-order valence-corrected chi connectivity index (χ3v) is 7.91. The summed E-state index contributed by atoms with van der Waals surface area (Å²) in [5.74, 6) is -0.0807. The normalized spacial score (nSPS) is 11.2. The van der Waals surface area contributed by atoms with Crippen LogP contribution in [0.25, 0.3) is 27.6 Å². The number of amides is 1. The summed E-state index contributed by atoms with van der Waals surface area (Å²) in [4.78, 5) is 44.3. The molecule has 0 atom stereocenters. The van der Waals surface area contributed by atoms with Crippen molar-refractivity contribution in [3.8, 4) is 27.6 Å². The first-order valence-corrected chi connectivity index (χ1v) is 16.6. The van der Waals surface area contributed by atoms with Crippen molar-refractivity contribution < 1.29 is 14.3 Å². The number of azo groups is 1. The van der Waals surface area contributed by atoms with Crippen molar-refractivity contribution in [3.05, 3.63) is 87.5 Å². The number of carbonyl (C=O) groups excluding carboxylic acids is 2. The predicted octanol–water partition coefficient (Wildman–Crippen LogP) is 8.10. The number of aromatic amines is 1. The van der Waals surface area contributed by atoms with Crippen LogP contribution in [0.4, 0.5) is 10.8 Å². The van der Waals surface area contributed by atoms with Gasteiger partial charge in [0, 0.05) is 40.2 Å². The average molecular weight is 660 g/mol. The van der Waals surface area contributed by atoms with Gasteiger partial charge in [-0.3, -0.25) is 19.5 Å². The molecule has 2 N–H and O–H groups in total. The summed E-state index contributed by atoms with van der Waals surface area (Å²) in [6.45, 7) is 8.76. The molecule has 0 bridgehead atoms. The predicted molar refractivity (Wildman–Crippen MR) is 183 cm³/mol. The summed E-state index contributed by atoms with van der Waals surface area (Å²) in [5, 5.41) is 19.1. The number of benzene rings is 2. The number of H-pyrrole nitrogens is 1. The molecule has 13 heteroatoms. The van der Waals surface area contributed by atoms with Crippen molar-refractivity contribution >= 4 is 45.9 Å². The quantitative estimate of drug-likeness (QED) is 0.0787. The van der Waals surface area contributed by atoms with Gasteiger partial charge in [0.15, 0.2) is 5.69 Å². The van der Waals surface area contributed by atoms with E-state index < -0.39 is 0 Å². The molecule has 0 unspecified atom stereocenters. The van der Waals surface area contributed by atoms with E-state index in [9.17, 15) is 14.4 Å². The van der Waals surface area contributed by atoms with E-state index in [-0.39, 0.29) is 22.8 Å². The van der Waals surface area contributed by atoms with Crippen LogP contribution in [0.3, 0.4) is 0 Å². The van der Waals surface area contributed by atoms with Gasteiger partial charge in [0.25, 0.3) is 12.4 Å². The minimum Gasteiger partial charge on any atom is -0.462 e. The molecule has 0 spiro atoms. The van der Waals surface area contributed by atoms with E-state index in [1.54, 1.807) is 23.7 Å². The summed E-state index contributed by atoms with van der Waals surface area (Å²) >= 11 is 2.67. The maximum absolute atomic E-state index is 13.4. The van der Waals surface area contributed by atoms with Crippen molar-refractivity contribution in [2.45, 2.75) is 59.0 Å². The number of hydrogen-bond acceptors (Lipinski definition) is 10. The van der Waals surface area contributed by atoms with Gasteiger partial charge in [0.2, 0.25) is 10.3 Å². The van der Waals surface area contributed by atoms with Gasteiger partial charge < -0.3 is 10.1 Å². The van der Waals surface area contributed by atoms with Crippen LogP contribution in [0.1, 0.15) is 63.7 Å². The largest absolute Gasteiger partial charge is 0.462 e. The monoisotopic (exact) mass is 659 g/mol. The Hall–Kier alpha value is -4.75. The Kier molecular flexibility index (Phi) is 12.3. The molecule has 3 heterocycles. The Bertz CT molecular complexity index is 1770. The van der Waals surface area contributed by atoms with E-state index in [2.05, 4.69) is 42.3 Å². The second-order valence-corrected chi connectivity index (χ2v) is 12.8. The number of unbranched alkanes of at least 4 members (excludes halogenated alkanes) is 3. The highest BCUT2D eigenvalue weighted by atomic mass is 32.1. The zero-order chi connectivity index (χ0) is 32.9. The zero-order valence-electron chi connectivity index (χ0n) is 26.2. The number of rotatable bonds is 12. The summed E-state index contributed by atoms with van der Waals surface area (Å²) in [7, 11) is 0. The number of carbonyl (C=O) groups is 2. The van der Waals surface area contributed by atoms with Crippen LogP contribution in [0.15, 0.2) is 86.6 Å². The van der Waals surface area contributed by atoms with E-state index in [1.165, 1.54) is 40.2 Å². The molecule has 0 fully saturated rings. The van der Waals surface area contributed by atoms with Crippen molar-refractivity contribution in [2.24, 2.45) is 10.2 Å². The number of nitrogens with one attached hydrogen (secondary N) is 2. The molecular weight excluding hydrogens is 623 g/mol. The average Bonchev–Trinajstić information content (AvgIpc) is 3.81. The van der Waals surface area contributed by atoms with E-state index in [0.29, 0.717) is 40.2 Å². The van der Waals surface area contributed by atoms with Crippen LogP contribution in [0.5, 0.6) is 0 Å². The van der Waals surface area contributed by atoms with E-state index in [0.717, 1.165) is 24.0 Å². The summed E-state index contributed by atoms with van der Waals surface area (Å²) in [5.41, 5.74) is 3.01. The fourth-order valence-electron chi connectivity index (χ4n) is 4.11. The van der Waals surface area contributed by atoms with Gasteiger partial charge in [-0.25, -0.2) is 9.97 Å². The van der Waals surface area contributed by atoms with Crippen molar-refractivity contribution in [2.75, 3.05) is 6.54 Å². The van der Waals surface area contributed by atoms with E-state index in [1.807, 2.05) is 68.6 Å². The van der Waals surface area contributed by atoms with Crippen molar-refractivity contribution in [1.29, 1.82) is 0 Å². The number of aromatic nitrogens is 4. The molecule has 46 heavy (non-hydrogen) atoms. The highest BCUT2D eigenvalue weighted by Crippen LogP contribution is 2.30. The molecule has 5 rings (SSSR count). The van der Waals surface area contributed by atoms with E-state index in [4.69, 9.17) is 0 Å². The van der Waals surface area contributed by atoms with Gasteiger partial charge >= 0.3 is 5.56 Å². The Balaban J connectivity index is 0.000000617. The molecule has 0 saturated heterocycles. The van der Waals surface area contributed by atoms with Crippen molar-refractivity contribution in [1.82, 2.24) is 25.1 Å². The molecular formula is C33H37N7O4S2.